The van der Waals surface area contributed by atoms with Gasteiger partial charge in [-0.25, -0.2) is 0 Å². The van der Waals surface area contributed by atoms with Crippen molar-refractivity contribution >= 4 is 0 Å². The van der Waals surface area contributed by atoms with Crippen molar-refractivity contribution in [2.24, 2.45) is 5.73 Å². The van der Waals surface area contributed by atoms with Crippen LogP contribution in [0.3, 0.4) is 0 Å². The first-order valence-corrected chi connectivity index (χ1v) is 6.19. The summed E-state index contributed by atoms with van der Waals surface area (Å²) in [7, 11) is 0. The Kier molecular flexibility index (Phi) is 5.33. The standard InChI is InChI=1S/C14H23NO/c1-4-6-11(3)16-13-9-7-12(8-10-13)14(15)5-2/h7-11,14H,4-6,15H2,1-3H3/t11?,14-/m1/s1. The fourth-order valence-corrected chi connectivity index (χ4v) is 1.73. The maximum absolute atomic E-state index is 5.95. The van der Waals surface area contributed by atoms with Gasteiger partial charge >= 0.3 is 0 Å². The molecular weight excluding hydrogens is 198 g/mol. The Morgan fingerprint density at radius 1 is 1.19 bits per heavy atom. The van der Waals surface area contributed by atoms with Crippen molar-refractivity contribution in [1.82, 2.24) is 0 Å². The van der Waals surface area contributed by atoms with Gasteiger partial charge in [0.15, 0.2) is 0 Å². The molecular formula is C14H23NO. The molecule has 2 N–H and O–H groups in total. The molecule has 0 aliphatic carbocycles. The Morgan fingerprint density at radius 3 is 2.31 bits per heavy atom. The van der Waals surface area contributed by atoms with Gasteiger partial charge in [0.05, 0.1) is 6.10 Å². The molecule has 0 aliphatic rings. The smallest absolute Gasteiger partial charge is 0.119 e. The number of ether oxygens (including phenoxy) is 1. The SMILES string of the molecule is CCCC(C)Oc1ccc([C@H](N)CC)cc1. The molecule has 0 bridgehead atoms. The highest BCUT2D eigenvalue weighted by molar-refractivity contribution is 5.29. The molecule has 16 heavy (non-hydrogen) atoms. The van der Waals surface area contributed by atoms with Crippen LogP contribution in [0.1, 0.15) is 51.6 Å². The Bertz CT molecular complexity index is 294. The highest BCUT2D eigenvalue weighted by Gasteiger charge is 2.05. The van der Waals surface area contributed by atoms with E-state index in [-0.39, 0.29) is 12.1 Å². The molecule has 0 spiro atoms. The lowest BCUT2D eigenvalue weighted by Crippen LogP contribution is -2.11. The first-order chi connectivity index (χ1) is 7.67. The van der Waals surface area contributed by atoms with Crippen LogP contribution >= 0.6 is 0 Å². The Balaban J connectivity index is 2.57. The van der Waals surface area contributed by atoms with Crippen LogP contribution in [0.15, 0.2) is 24.3 Å². The van der Waals surface area contributed by atoms with Crippen LogP contribution in [0.4, 0.5) is 0 Å². The van der Waals surface area contributed by atoms with Crippen LogP contribution in [0.2, 0.25) is 0 Å². The van der Waals surface area contributed by atoms with Crippen LogP contribution < -0.4 is 10.5 Å². The fraction of sp³-hybridized carbons (Fsp3) is 0.571. The van der Waals surface area contributed by atoms with Gasteiger partial charge in [-0.3, -0.25) is 0 Å². The summed E-state index contributed by atoms with van der Waals surface area (Å²) < 4.78 is 5.78. The molecule has 1 aromatic rings. The predicted molar refractivity (Wildman–Crippen MR) is 68.7 cm³/mol. The average Bonchev–Trinajstić information content (AvgIpc) is 2.29. The van der Waals surface area contributed by atoms with Gasteiger partial charge in [-0.1, -0.05) is 32.4 Å². The van der Waals surface area contributed by atoms with Crippen molar-refractivity contribution in [3.8, 4) is 5.75 Å². The number of rotatable bonds is 6. The Hall–Kier alpha value is -1.02. The van der Waals surface area contributed by atoms with Crippen molar-refractivity contribution in [1.29, 1.82) is 0 Å². The van der Waals surface area contributed by atoms with Crippen LogP contribution in [-0.2, 0) is 0 Å². The van der Waals surface area contributed by atoms with E-state index in [2.05, 4.69) is 32.9 Å². The highest BCUT2D eigenvalue weighted by Crippen LogP contribution is 2.19. The van der Waals surface area contributed by atoms with E-state index >= 15 is 0 Å². The summed E-state index contributed by atoms with van der Waals surface area (Å²) in [6.07, 6.45) is 3.50. The summed E-state index contributed by atoms with van der Waals surface area (Å²) in [4.78, 5) is 0. The predicted octanol–water partition coefficient (Wildman–Crippen LogP) is 3.66. The summed E-state index contributed by atoms with van der Waals surface area (Å²) in [6.45, 7) is 6.37. The van der Waals surface area contributed by atoms with E-state index < -0.39 is 0 Å². The molecule has 1 rings (SSSR count). The maximum atomic E-state index is 5.95. The molecule has 0 heterocycles. The minimum absolute atomic E-state index is 0.141. The number of hydrogen-bond donors (Lipinski definition) is 1. The third kappa shape index (κ3) is 3.86. The zero-order chi connectivity index (χ0) is 12.0. The van der Waals surface area contributed by atoms with E-state index in [9.17, 15) is 0 Å². The maximum Gasteiger partial charge on any atom is 0.119 e. The van der Waals surface area contributed by atoms with Crippen LogP contribution in [0.5, 0.6) is 5.75 Å². The van der Waals surface area contributed by atoms with Crippen LogP contribution in [0.25, 0.3) is 0 Å². The van der Waals surface area contributed by atoms with Gasteiger partial charge in [-0.2, -0.15) is 0 Å². The molecule has 2 heteroatoms. The first kappa shape index (κ1) is 13.0. The topological polar surface area (TPSA) is 35.2 Å². The lowest BCUT2D eigenvalue weighted by molar-refractivity contribution is 0.210. The lowest BCUT2D eigenvalue weighted by Gasteiger charge is -2.15. The molecule has 0 amide bonds. The van der Waals surface area contributed by atoms with Crippen LogP contribution in [-0.4, -0.2) is 6.10 Å². The summed E-state index contributed by atoms with van der Waals surface area (Å²) in [5, 5.41) is 0. The van der Waals surface area contributed by atoms with E-state index in [1.54, 1.807) is 0 Å². The van der Waals surface area contributed by atoms with E-state index in [1.165, 1.54) is 5.56 Å². The van der Waals surface area contributed by atoms with E-state index in [4.69, 9.17) is 10.5 Å². The molecule has 0 aromatic heterocycles. The quantitative estimate of drug-likeness (QED) is 0.795. The largest absolute Gasteiger partial charge is 0.491 e. The molecule has 1 unspecified atom stereocenters. The van der Waals surface area contributed by atoms with Crippen molar-refractivity contribution in [2.75, 3.05) is 0 Å². The van der Waals surface area contributed by atoms with Crippen LogP contribution in [0, 0.1) is 0 Å². The van der Waals surface area contributed by atoms with Crippen molar-refractivity contribution in [2.45, 2.75) is 52.2 Å². The fourth-order valence-electron chi connectivity index (χ4n) is 1.73. The summed E-state index contributed by atoms with van der Waals surface area (Å²) in [5.74, 6) is 0.938. The highest BCUT2D eigenvalue weighted by atomic mass is 16.5. The van der Waals surface area contributed by atoms with Gasteiger partial charge in [-0.05, 0) is 37.5 Å². The molecule has 0 radical (unpaired) electrons. The Morgan fingerprint density at radius 2 is 1.81 bits per heavy atom. The molecule has 0 aliphatic heterocycles. The van der Waals surface area contributed by atoms with Gasteiger partial charge in [0.1, 0.15) is 5.75 Å². The second kappa shape index (κ2) is 6.54. The summed E-state index contributed by atoms with van der Waals surface area (Å²) in [6, 6.07) is 8.28. The monoisotopic (exact) mass is 221 g/mol. The van der Waals surface area contributed by atoms with Crippen molar-refractivity contribution in [3.05, 3.63) is 29.8 Å². The van der Waals surface area contributed by atoms with E-state index in [0.29, 0.717) is 0 Å². The molecule has 0 saturated heterocycles. The molecule has 0 fully saturated rings. The van der Waals surface area contributed by atoms with Gasteiger partial charge in [0.25, 0.3) is 0 Å². The third-order valence-electron chi connectivity index (χ3n) is 2.78. The van der Waals surface area contributed by atoms with E-state index in [1.807, 2.05) is 12.1 Å². The number of hydrogen-bond acceptors (Lipinski definition) is 2. The second-order valence-electron chi connectivity index (χ2n) is 4.30. The van der Waals surface area contributed by atoms with E-state index in [0.717, 1.165) is 25.0 Å². The molecule has 1 aromatic carbocycles. The lowest BCUT2D eigenvalue weighted by atomic mass is 10.1. The number of nitrogens with two attached hydrogens (primary N) is 1. The summed E-state index contributed by atoms with van der Waals surface area (Å²) in [5.41, 5.74) is 7.13. The minimum atomic E-state index is 0.141. The van der Waals surface area contributed by atoms with Crippen molar-refractivity contribution < 1.29 is 4.74 Å². The zero-order valence-corrected chi connectivity index (χ0v) is 10.6. The number of benzene rings is 1. The first-order valence-electron chi connectivity index (χ1n) is 6.19. The Labute approximate surface area is 98.8 Å². The van der Waals surface area contributed by atoms with Gasteiger partial charge in [0.2, 0.25) is 0 Å². The van der Waals surface area contributed by atoms with Gasteiger partial charge in [-0.15, -0.1) is 0 Å². The van der Waals surface area contributed by atoms with Gasteiger partial charge in [0, 0.05) is 6.04 Å². The minimum Gasteiger partial charge on any atom is -0.491 e. The normalized spacial score (nSPS) is 14.5. The molecule has 0 saturated carbocycles. The second-order valence-corrected chi connectivity index (χ2v) is 4.30. The average molecular weight is 221 g/mol. The van der Waals surface area contributed by atoms with Gasteiger partial charge < -0.3 is 10.5 Å². The molecule has 90 valence electrons. The molecule has 2 nitrogen and oxygen atoms in total. The third-order valence-corrected chi connectivity index (χ3v) is 2.78. The summed E-state index contributed by atoms with van der Waals surface area (Å²) >= 11 is 0. The zero-order valence-electron chi connectivity index (χ0n) is 10.6. The van der Waals surface area contributed by atoms with Crippen molar-refractivity contribution in [3.63, 3.8) is 0 Å². The molecule has 2 atom stereocenters.